The topological polar surface area (TPSA) is 66.0 Å². The van der Waals surface area contributed by atoms with E-state index in [2.05, 4.69) is 15.6 Å². The maximum absolute atomic E-state index is 12.1. The number of hydrogen-bond donors (Lipinski definition) is 2. The molecule has 1 saturated heterocycles. The molecule has 0 bridgehead atoms. The van der Waals surface area contributed by atoms with Gasteiger partial charge in [-0.3, -0.25) is 9.79 Å². The Morgan fingerprint density at radius 3 is 2.46 bits per heavy atom. The van der Waals surface area contributed by atoms with Crippen molar-refractivity contribution in [3.05, 3.63) is 30.3 Å². The molecule has 0 saturated carbocycles. The van der Waals surface area contributed by atoms with Crippen LogP contribution in [0.1, 0.15) is 33.6 Å². The normalized spacial score (nSPS) is 17.1. The maximum Gasteiger partial charge on any atom is 0.225 e. The highest BCUT2D eigenvalue weighted by molar-refractivity contribution is 5.80. The third kappa shape index (κ3) is 6.24. The molecule has 144 valence electrons. The number of para-hydroxylation sites is 1. The number of nitrogens with zero attached hydrogens (tertiary/aromatic N) is 2. The van der Waals surface area contributed by atoms with Gasteiger partial charge in [0.05, 0.1) is 6.54 Å². The molecule has 1 amide bonds. The van der Waals surface area contributed by atoms with Crippen LogP contribution in [0.4, 0.5) is 0 Å². The molecule has 1 heterocycles. The predicted molar refractivity (Wildman–Crippen MR) is 105 cm³/mol. The molecule has 0 radical (unpaired) electrons. The van der Waals surface area contributed by atoms with Gasteiger partial charge < -0.3 is 20.3 Å². The summed E-state index contributed by atoms with van der Waals surface area (Å²) < 4.78 is 5.87. The second-order valence-corrected chi connectivity index (χ2v) is 7.09. The summed E-state index contributed by atoms with van der Waals surface area (Å²) in [6.07, 6.45) is 1.91. The molecule has 1 aromatic rings. The predicted octanol–water partition coefficient (Wildman–Crippen LogP) is 2.27. The molecule has 0 aliphatic carbocycles. The fraction of sp³-hybridized carbons (Fsp3) is 0.600. The molecule has 0 aromatic heterocycles. The van der Waals surface area contributed by atoms with Crippen molar-refractivity contribution < 1.29 is 9.53 Å². The van der Waals surface area contributed by atoms with Crippen molar-refractivity contribution in [1.82, 2.24) is 15.5 Å². The van der Waals surface area contributed by atoms with Crippen LogP contribution < -0.4 is 15.4 Å². The van der Waals surface area contributed by atoms with E-state index in [1.54, 1.807) is 7.05 Å². The number of amides is 1. The number of nitrogens with one attached hydrogen (secondary N) is 2. The Hall–Kier alpha value is -2.24. The maximum atomic E-state index is 12.1. The first kappa shape index (κ1) is 20.1. The SMILES string of the molecule is CN=C(NCC(C)Oc1ccccc1)NC1CCN(C(=O)C(C)C)CC1. The molecule has 2 N–H and O–H groups in total. The van der Waals surface area contributed by atoms with Gasteiger partial charge in [0.15, 0.2) is 5.96 Å². The Morgan fingerprint density at radius 1 is 1.23 bits per heavy atom. The number of piperidine rings is 1. The number of guanidine groups is 1. The molecule has 6 heteroatoms. The van der Waals surface area contributed by atoms with Crippen molar-refractivity contribution in [3.63, 3.8) is 0 Å². The zero-order valence-electron chi connectivity index (χ0n) is 16.4. The lowest BCUT2D eigenvalue weighted by atomic mass is 10.0. The minimum absolute atomic E-state index is 0.0291. The van der Waals surface area contributed by atoms with Gasteiger partial charge >= 0.3 is 0 Å². The molecule has 0 spiro atoms. The van der Waals surface area contributed by atoms with Crippen LogP contribution in [-0.4, -0.2) is 55.6 Å². The Morgan fingerprint density at radius 2 is 1.88 bits per heavy atom. The van der Waals surface area contributed by atoms with E-state index in [-0.39, 0.29) is 17.9 Å². The first-order valence-electron chi connectivity index (χ1n) is 9.47. The van der Waals surface area contributed by atoms with E-state index in [1.807, 2.05) is 56.0 Å². The quantitative estimate of drug-likeness (QED) is 0.603. The largest absolute Gasteiger partial charge is 0.489 e. The van der Waals surface area contributed by atoms with Crippen LogP contribution in [0.15, 0.2) is 35.3 Å². The second-order valence-electron chi connectivity index (χ2n) is 7.09. The number of benzene rings is 1. The van der Waals surface area contributed by atoms with Gasteiger partial charge in [-0.1, -0.05) is 32.0 Å². The summed E-state index contributed by atoms with van der Waals surface area (Å²) in [7, 11) is 1.77. The van der Waals surface area contributed by atoms with Crippen LogP contribution in [0.2, 0.25) is 0 Å². The Labute approximate surface area is 157 Å². The molecule has 6 nitrogen and oxygen atoms in total. The van der Waals surface area contributed by atoms with Gasteiger partial charge in [-0.25, -0.2) is 0 Å². The Kier molecular flexibility index (Phi) is 7.75. The summed E-state index contributed by atoms with van der Waals surface area (Å²) in [4.78, 5) is 18.3. The molecule has 1 fully saturated rings. The van der Waals surface area contributed by atoms with Crippen LogP contribution in [0.25, 0.3) is 0 Å². The third-order valence-corrected chi connectivity index (χ3v) is 4.50. The first-order chi connectivity index (χ1) is 12.5. The van der Waals surface area contributed by atoms with E-state index in [1.165, 1.54) is 0 Å². The zero-order valence-corrected chi connectivity index (χ0v) is 16.4. The van der Waals surface area contributed by atoms with E-state index < -0.39 is 0 Å². The number of aliphatic imine (C=N–C) groups is 1. The van der Waals surface area contributed by atoms with E-state index in [4.69, 9.17) is 4.74 Å². The molecule has 1 aromatic carbocycles. The summed E-state index contributed by atoms with van der Waals surface area (Å²) in [5.41, 5.74) is 0. The number of carbonyl (C=O) groups is 1. The minimum Gasteiger partial charge on any atom is -0.489 e. The zero-order chi connectivity index (χ0) is 18.9. The molecule has 1 unspecified atom stereocenters. The Bertz CT molecular complexity index is 581. The van der Waals surface area contributed by atoms with Gasteiger partial charge in [-0.15, -0.1) is 0 Å². The summed E-state index contributed by atoms with van der Waals surface area (Å²) in [6, 6.07) is 10.1. The lowest BCUT2D eigenvalue weighted by Gasteiger charge is -2.34. The highest BCUT2D eigenvalue weighted by atomic mass is 16.5. The van der Waals surface area contributed by atoms with E-state index >= 15 is 0 Å². The molecule has 1 atom stereocenters. The first-order valence-corrected chi connectivity index (χ1v) is 9.47. The molecule has 2 rings (SSSR count). The van der Waals surface area contributed by atoms with Gasteiger partial charge in [0, 0.05) is 32.1 Å². The van der Waals surface area contributed by atoms with Crippen molar-refractivity contribution in [3.8, 4) is 5.75 Å². The molecular formula is C20H32N4O2. The summed E-state index contributed by atoms with van der Waals surface area (Å²) in [5, 5.41) is 6.78. The van der Waals surface area contributed by atoms with E-state index in [0.29, 0.717) is 12.6 Å². The second kappa shape index (κ2) is 10.0. The van der Waals surface area contributed by atoms with Gasteiger partial charge in [-0.05, 0) is 31.9 Å². The van der Waals surface area contributed by atoms with Crippen LogP contribution in [-0.2, 0) is 4.79 Å². The minimum atomic E-state index is 0.0291. The van der Waals surface area contributed by atoms with Crippen LogP contribution >= 0.6 is 0 Å². The smallest absolute Gasteiger partial charge is 0.225 e. The lowest BCUT2D eigenvalue weighted by Crippen LogP contribution is -2.51. The standard InChI is InChI=1S/C20H32N4O2/c1-15(2)19(25)24-12-10-17(11-13-24)23-20(21-4)22-14-16(3)26-18-8-6-5-7-9-18/h5-9,15-17H,10-14H2,1-4H3,(H2,21,22,23). The van der Waals surface area contributed by atoms with E-state index in [9.17, 15) is 4.79 Å². The van der Waals surface area contributed by atoms with Gasteiger partial charge in [0.1, 0.15) is 11.9 Å². The van der Waals surface area contributed by atoms with Crippen LogP contribution in [0, 0.1) is 5.92 Å². The van der Waals surface area contributed by atoms with Crippen molar-refractivity contribution in [2.24, 2.45) is 10.9 Å². The number of ether oxygens (including phenoxy) is 1. The number of hydrogen-bond acceptors (Lipinski definition) is 3. The van der Waals surface area contributed by atoms with Crippen molar-refractivity contribution in [1.29, 1.82) is 0 Å². The lowest BCUT2D eigenvalue weighted by molar-refractivity contribution is -0.135. The monoisotopic (exact) mass is 360 g/mol. The number of likely N-dealkylation sites (tertiary alicyclic amines) is 1. The number of carbonyl (C=O) groups excluding carboxylic acids is 1. The summed E-state index contributed by atoms with van der Waals surface area (Å²) in [5.74, 6) is 1.96. The average molecular weight is 361 g/mol. The van der Waals surface area contributed by atoms with Crippen molar-refractivity contribution >= 4 is 11.9 Å². The van der Waals surface area contributed by atoms with Crippen molar-refractivity contribution in [2.45, 2.75) is 45.8 Å². The number of rotatable bonds is 6. The van der Waals surface area contributed by atoms with Crippen LogP contribution in [0.5, 0.6) is 5.75 Å². The third-order valence-electron chi connectivity index (χ3n) is 4.50. The average Bonchev–Trinajstić information content (AvgIpc) is 2.65. The molecule has 26 heavy (non-hydrogen) atoms. The highest BCUT2D eigenvalue weighted by Gasteiger charge is 2.24. The van der Waals surface area contributed by atoms with E-state index in [0.717, 1.165) is 37.6 Å². The fourth-order valence-electron chi connectivity index (χ4n) is 3.01. The molecular weight excluding hydrogens is 328 g/mol. The molecule has 1 aliphatic rings. The van der Waals surface area contributed by atoms with Gasteiger partial charge in [0.2, 0.25) is 5.91 Å². The van der Waals surface area contributed by atoms with Gasteiger partial charge in [-0.2, -0.15) is 0 Å². The van der Waals surface area contributed by atoms with Gasteiger partial charge in [0.25, 0.3) is 0 Å². The molecule has 1 aliphatic heterocycles. The van der Waals surface area contributed by atoms with Crippen molar-refractivity contribution in [2.75, 3.05) is 26.7 Å². The highest BCUT2D eigenvalue weighted by Crippen LogP contribution is 2.13. The van der Waals surface area contributed by atoms with Crippen LogP contribution in [0.3, 0.4) is 0 Å². The summed E-state index contributed by atoms with van der Waals surface area (Å²) >= 11 is 0. The Balaban J connectivity index is 1.72. The fourth-order valence-corrected chi connectivity index (χ4v) is 3.01. The summed E-state index contributed by atoms with van der Waals surface area (Å²) in [6.45, 7) is 8.22.